The topological polar surface area (TPSA) is 83.0 Å². The van der Waals surface area contributed by atoms with Gasteiger partial charge in [0.1, 0.15) is 0 Å². The van der Waals surface area contributed by atoms with Gasteiger partial charge in [0.2, 0.25) is 0 Å². The van der Waals surface area contributed by atoms with Gasteiger partial charge in [0.15, 0.2) is 0 Å². The van der Waals surface area contributed by atoms with Crippen LogP contribution in [0.4, 0.5) is 0 Å². The van der Waals surface area contributed by atoms with Crippen LogP contribution in [0.3, 0.4) is 0 Å². The highest BCUT2D eigenvalue weighted by Crippen LogP contribution is 2.44. The van der Waals surface area contributed by atoms with Crippen molar-refractivity contribution >= 4 is 23.3 Å². The van der Waals surface area contributed by atoms with Crippen LogP contribution in [0, 0.1) is 6.92 Å². The highest BCUT2D eigenvalue weighted by Gasteiger charge is 2.40. The van der Waals surface area contributed by atoms with Gasteiger partial charge in [-0.3, -0.25) is 4.99 Å². The zero-order chi connectivity index (χ0) is 16.9. The number of hydrogen-bond donors (Lipinski definition) is 3. The molecule has 0 radical (unpaired) electrons. The van der Waals surface area contributed by atoms with Crippen LogP contribution in [0.5, 0.6) is 0 Å². The summed E-state index contributed by atoms with van der Waals surface area (Å²) < 4.78 is 0. The van der Waals surface area contributed by atoms with E-state index in [1.807, 2.05) is 11.3 Å². The molecule has 0 amide bonds. The smallest absolute Gasteiger partial charge is 0.0947 e. The minimum atomic E-state index is 0.122. The van der Waals surface area contributed by atoms with Crippen LogP contribution >= 0.6 is 11.3 Å². The van der Waals surface area contributed by atoms with Crippen LogP contribution in [0.2, 0.25) is 0 Å². The minimum Gasteiger partial charge on any atom is -0.396 e. The molecule has 6 heteroatoms. The average Bonchev–Trinajstić information content (AvgIpc) is 2.94. The molecule has 0 aliphatic carbocycles. The third-order valence-electron chi connectivity index (χ3n) is 4.83. The summed E-state index contributed by atoms with van der Waals surface area (Å²) in [6.45, 7) is 5.54. The summed E-state index contributed by atoms with van der Waals surface area (Å²) in [5, 5.41) is 16.8. The Kier molecular flexibility index (Phi) is 6.33. The molecule has 1 aromatic heterocycles. The summed E-state index contributed by atoms with van der Waals surface area (Å²) in [5.41, 5.74) is 2.23. The number of thiophene rings is 1. The summed E-state index contributed by atoms with van der Waals surface area (Å²) in [6, 6.07) is 2.36. The summed E-state index contributed by atoms with van der Waals surface area (Å²) in [5.74, 6) is 5.57. The summed E-state index contributed by atoms with van der Waals surface area (Å²) >= 11 is 1.88. The number of nitrogens with zero attached hydrogens (tertiary/aromatic N) is 2. The number of aliphatic hydroxyl groups excluding tert-OH is 1. The first kappa shape index (κ1) is 18.1. The molecule has 23 heavy (non-hydrogen) atoms. The molecule has 128 valence electrons. The standard InChI is InChI=1S/C17H28N4OS/c1-4-17(16-13(5-8-22)9-12(2)23-16)6-7-20-14(10-17)15(21-18)11-19-3/h9,11,14,20,22H,4-8,10,18H2,1-3H3/b19-11?,21-15+/t14-,17?/m0/s1. The first-order chi connectivity index (χ1) is 11.1. The normalized spacial score (nSPS) is 26.1. The van der Waals surface area contributed by atoms with Crippen molar-refractivity contribution in [2.75, 3.05) is 20.2 Å². The van der Waals surface area contributed by atoms with Crippen molar-refractivity contribution in [3.63, 3.8) is 0 Å². The van der Waals surface area contributed by atoms with E-state index in [1.165, 1.54) is 15.3 Å². The highest BCUT2D eigenvalue weighted by molar-refractivity contribution is 7.12. The largest absolute Gasteiger partial charge is 0.396 e. The molecule has 1 saturated heterocycles. The Morgan fingerprint density at radius 1 is 1.61 bits per heavy atom. The van der Waals surface area contributed by atoms with E-state index in [0.29, 0.717) is 0 Å². The first-order valence-electron chi connectivity index (χ1n) is 8.24. The molecule has 0 aromatic carbocycles. The molecule has 2 atom stereocenters. The zero-order valence-electron chi connectivity index (χ0n) is 14.3. The fraction of sp³-hybridized carbons (Fsp3) is 0.647. The number of aryl methyl sites for hydroxylation is 1. The number of hydrazone groups is 1. The van der Waals surface area contributed by atoms with Gasteiger partial charge < -0.3 is 16.3 Å². The van der Waals surface area contributed by atoms with Gasteiger partial charge in [0.25, 0.3) is 0 Å². The van der Waals surface area contributed by atoms with Gasteiger partial charge in [-0.25, -0.2) is 0 Å². The molecule has 5 nitrogen and oxygen atoms in total. The first-order valence-corrected chi connectivity index (χ1v) is 9.05. The number of aliphatic hydroxyl groups is 1. The van der Waals surface area contributed by atoms with Crippen LogP contribution < -0.4 is 11.2 Å². The second-order valence-electron chi connectivity index (χ2n) is 6.22. The molecule has 1 aliphatic rings. The molecule has 0 bridgehead atoms. The van der Waals surface area contributed by atoms with Crippen LogP contribution in [0.15, 0.2) is 16.2 Å². The van der Waals surface area contributed by atoms with Crippen molar-refractivity contribution in [2.24, 2.45) is 15.9 Å². The van der Waals surface area contributed by atoms with Gasteiger partial charge >= 0.3 is 0 Å². The molecule has 0 saturated carbocycles. The third kappa shape index (κ3) is 3.82. The molecule has 1 fully saturated rings. The van der Waals surface area contributed by atoms with Crippen LogP contribution in [-0.2, 0) is 11.8 Å². The van der Waals surface area contributed by atoms with E-state index in [4.69, 9.17) is 5.84 Å². The predicted octanol–water partition coefficient (Wildman–Crippen LogP) is 2.01. The van der Waals surface area contributed by atoms with Crippen LogP contribution in [-0.4, -0.2) is 43.3 Å². The molecular formula is C17H28N4OS. The second-order valence-corrected chi connectivity index (χ2v) is 7.48. The van der Waals surface area contributed by atoms with E-state index < -0.39 is 0 Å². The SMILES string of the molecule is CCC1(c2sc(C)cc2CCO)CCN[C@H](/C(C=NC)=N/N)C1. The van der Waals surface area contributed by atoms with Gasteiger partial charge in [-0.1, -0.05) is 6.92 Å². The van der Waals surface area contributed by atoms with Gasteiger partial charge in [0.05, 0.1) is 11.8 Å². The van der Waals surface area contributed by atoms with Gasteiger partial charge in [-0.2, -0.15) is 5.10 Å². The number of rotatable bonds is 6. The quantitative estimate of drug-likeness (QED) is 0.422. The zero-order valence-corrected chi connectivity index (χ0v) is 15.1. The van der Waals surface area contributed by atoms with E-state index in [9.17, 15) is 5.11 Å². The van der Waals surface area contributed by atoms with Crippen molar-refractivity contribution in [1.82, 2.24) is 5.32 Å². The fourth-order valence-electron chi connectivity index (χ4n) is 3.62. The Morgan fingerprint density at radius 3 is 3.00 bits per heavy atom. The summed E-state index contributed by atoms with van der Waals surface area (Å²) in [7, 11) is 1.74. The Labute approximate surface area is 142 Å². The Morgan fingerprint density at radius 2 is 2.39 bits per heavy atom. The highest BCUT2D eigenvalue weighted by atomic mass is 32.1. The van der Waals surface area contributed by atoms with Gasteiger partial charge in [0, 0.05) is 35.0 Å². The summed E-state index contributed by atoms with van der Waals surface area (Å²) in [4.78, 5) is 6.82. The maximum absolute atomic E-state index is 9.40. The van der Waals surface area contributed by atoms with Crippen molar-refractivity contribution in [1.29, 1.82) is 0 Å². The molecule has 1 unspecified atom stereocenters. The van der Waals surface area contributed by atoms with Gasteiger partial charge in [-0.15, -0.1) is 11.3 Å². The molecule has 2 rings (SSSR count). The van der Waals surface area contributed by atoms with E-state index in [0.717, 1.165) is 37.9 Å². The molecule has 4 N–H and O–H groups in total. The molecule has 0 spiro atoms. The number of hydrogen-bond acceptors (Lipinski definition) is 6. The number of piperidine rings is 1. The lowest BCUT2D eigenvalue weighted by Crippen LogP contribution is -2.50. The Bertz CT molecular complexity index is 581. The fourth-order valence-corrected chi connectivity index (χ4v) is 4.98. The number of nitrogens with one attached hydrogen (secondary N) is 1. The van der Waals surface area contributed by atoms with Crippen LogP contribution in [0.1, 0.15) is 41.5 Å². The second kappa shape index (κ2) is 8.04. The third-order valence-corrected chi connectivity index (χ3v) is 6.17. The lowest BCUT2D eigenvalue weighted by atomic mass is 9.71. The van der Waals surface area contributed by atoms with Crippen molar-refractivity contribution < 1.29 is 5.11 Å². The van der Waals surface area contributed by atoms with E-state index in [-0.39, 0.29) is 18.1 Å². The van der Waals surface area contributed by atoms with Gasteiger partial charge in [-0.05, 0) is 50.8 Å². The van der Waals surface area contributed by atoms with E-state index in [1.54, 1.807) is 13.3 Å². The molecule has 1 aromatic rings. The molecule has 1 aliphatic heterocycles. The monoisotopic (exact) mass is 336 g/mol. The molecule has 2 heterocycles. The summed E-state index contributed by atoms with van der Waals surface area (Å²) in [6.07, 6.45) is 5.61. The van der Waals surface area contributed by atoms with Crippen molar-refractivity contribution in [3.05, 3.63) is 21.4 Å². The number of aliphatic imine (C=N–C) groups is 1. The predicted molar refractivity (Wildman–Crippen MR) is 98.9 cm³/mol. The number of nitrogens with two attached hydrogens (primary N) is 1. The van der Waals surface area contributed by atoms with Crippen molar-refractivity contribution in [2.45, 2.75) is 51.0 Å². The van der Waals surface area contributed by atoms with E-state index >= 15 is 0 Å². The maximum atomic E-state index is 9.40. The minimum absolute atomic E-state index is 0.122. The molecular weight excluding hydrogens is 308 g/mol. The van der Waals surface area contributed by atoms with E-state index in [2.05, 4.69) is 35.3 Å². The van der Waals surface area contributed by atoms with Crippen molar-refractivity contribution in [3.8, 4) is 0 Å². The lowest BCUT2D eigenvalue weighted by molar-refractivity contribution is 0.274. The Balaban J connectivity index is 2.36. The maximum Gasteiger partial charge on any atom is 0.0947 e. The Hall–Kier alpha value is -1.24. The average molecular weight is 337 g/mol. The lowest BCUT2D eigenvalue weighted by Gasteiger charge is -2.41. The van der Waals surface area contributed by atoms with Crippen LogP contribution in [0.25, 0.3) is 0 Å².